The average molecular weight is 396 g/mol. The van der Waals surface area contributed by atoms with Crippen LogP contribution < -0.4 is 10.9 Å². The number of para-hydroxylation sites is 1. The van der Waals surface area contributed by atoms with E-state index in [1.165, 1.54) is 11.8 Å². The molecule has 1 amide bonds. The number of hydrogen-bond acceptors (Lipinski definition) is 4. The fourth-order valence-electron chi connectivity index (χ4n) is 2.91. The Morgan fingerprint density at radius 3 is 2.61 bits per heavy atom. The van der Waals surface area contributed by atoms with Crippen LogP contribution in [-0.4, -0.2) is 27.8 Å². The Bertz CT molecular complexity index is 1010. The van der Waals surface area contributed by atoms with Gasteiger partial charge in [-0.25, -0.2) is 4.98 Å². The molecule has 1 aromatic heterocycles. The maximum absolute atomic E-state index is 13.1. The van der Waals surface area contributed by atoms with Crippen LogP contribution in [0.5, 0.6) is 0 Å². The second kappa shape index (κ2) is 9.55. The summed E-state index contributed by atoms with van der Waals surface area (Å²) in [5.74, 6) is 0.182. The van der Waals surface area contributed by atoms with Crippen molar-refractivity contribution in [2.45, 2.75) is 38.3 Å². The van der Waals surface area contributed by atoms with E-state index in [2.05, 4.69) is 17.2 Å². The summed E-state index contributed by atoms with van der Waals surface area (Å²) >= 11 is 1.29. The first-order chi connectivity index (χ1) is 13.6. The van der Waals surface area contributed by atoms with Gasteiger partial charge in [-0.15, -0.1) is 0 Å². The first-order valence-corrected chi connectivity index (χ1v) is 10.6. The number of carbonyl (C=O) groups is 1. The third-order valence-corrected chi connectivity index (χ3v) is 5.41. The number of rotatable bonds is 8. The van der Waals surface area contributed by atoms with Crippen molar-refractivity contribution in [3.8, 4) is 5.69 Å². The van der Waals surface area contributed by atoms with Crippen molar-refractivity contribution in [3.05, 3.63) is 64.4 Å². The van der Waals surface area contributed by atoms with Gasteiger partial charge in [-0.1, -0.05) is 61.4 Å². The highest BCUT2D eigenvalue weighted by molar-refractivity contribution is 7.99. The van der Waals surface area contributed by atoms with E-state index in [9.17, 15) is 9.59 Å². The molecule has 0 saturated heterocycles. The largest absolute Gasteiger partial charge is 0.355 e. The minimum absolute atomic E-state index is 0.0426. The van der Waals surface area contributed by atoms with E-state index in [4.69, 9.17) is 0 Å². The van der Waals surface area contributed by atoms with Crippen molar-refractivity contribution in [1.82, 2.24) is 14.9 Å². The summed E-state index contributed by atoms with van der Waals surface area (Å²) in [6.45, 7) is 4.82. The Kier molecular flexibility index (Phi) is 6.87. The van der Waals surface area contributed by atoms with Gasteiger partial charge < -0.3 is 5.32 Å². The Labute approximate surface area is 169 Å². The molecule has 0 aliphatic rings. The minimum atomic E-state index is -0.125. The molecule has 0 spiro atoms. The number of fused-ring (bicyclic) bond motifs is 1. The van der Waals surface area contributed by atoms with Gasteiger partial charge in [0.05, 0.1) is 22.3 Å². The van der Waals surface area contributed by atoms with Crippen molar-refractivity contribution in [1.29, 1.82) is 0 Å². The van der Waals surface area contributed by atoms with Gasteiger partial charge in [-0.3, -0.25) is 14.2 Å². The molecule has 0 atom stereocenters. The third-order valence-electron chi connectivity index (χ3n) is 4.47. The van der Waals surface area contributed by atoms with Crippen LogP contribution in [0.3, 0.4) is 0 Å². The van der Waals surface area contributed by atoms with Crippen molar-refractivity contribution in [2.24, 2.45) is 0 Å². The average Bonchev–Trinajstić information content (AvgIpc) is 2.71. The molecular weight excluding hydrogens is 370 g/mol. The normalized spacial score (nSPS) is 10.9. The lowest BCUT2D eigenvalue weighted by molar-refractivity contribution is -0.118. The van der Waals surface area contributed by atoms with Crippen molar-refractivity contribution < 1.29 is 4.79 Å². The van der Waals surface area contributed by atoms with Gasteiger partial charge in [0.15, 0.2) is 5.16 Å². The lowest BCUT2D eigenvalue weighted by atomic mass is 10.2. The van der Waals surface area contributed by atoms with E-state index in [1.54, 1.807) is 10.6 Å². The van der Waals surface area contributed by atoms with Gasteiger partial charge in [0.1, 0.15) is 0 Å². The molecule has 2 aromatic carbocycles. The minimum Gasteiger partial charge on any atom is -0.355 e. The maximum Gasteiger partial charge on any atom is 0.266 e. The van der Waals surface area contributed by atoms with Crippen LogP contribution in [-0.2, 0) is 4.79 Å². The number of thioether (sulfide) groups is 1. The molecule has 0 saturated carbocycles. The number of amides is 1. The van der Waals surface area contributed by atoms with E-state index in [0.717, 1.165) is 30.5 Å². The fraction of sp³-hybridized carbons (Fsp3) is 0.318. The molecule has 0 fully saturated rings. The zero-order valence-corrected chi connectivity index (χ0v) is 17.1. The number of aryl methyl sites for hydroxylation is 1. The monoisotopic (exact) mass is 395 g/mol. The van der Waals surface area contributed by atoms with Gasteiger partial charge in [-0.2, -0.15) is 0 Å². The maximum atomic E-state index is 13.1. The lowest BCUT2D eigenvalue weighted by Crippen LogP contribution is -2.27. The summed E-state index contributed by atoms with van der Waals surface area (Å²) in [6, 6.07) is 15.0. The molecule has 0 aliphatic carbocycles. The summed E-state index contributed by atoms with van der Waals surface area (Å²) in [6.07, 6.45) is 3.20. The zero-order valence-electron chi connectivity index (χ0n) is 16.3. The second-order valence-electron chi connectivity index (χ2n) is 6.73. The molecule has 0 bridgehead atoms. The highest BCUT2D eigenvalue weighted by Gasteiger charge is 2.14. The third kappa shape index (κ3) is 4.81. The van der Waals surface area contributed by atoms with E-state index in [1.807, 2.05) is 49.4 Å². The van der Waals surface area contributed by atoms with Crippen LogP contribution in [0.4, 0.5) is 0 Å². The number of benzene rings is 2. The molecule has 1 heterocycles. The highest BCUT2D eigenvalue weighted by Crippen LogP contribution is 2.21. The molecule has 28 heavy (non-hydrogen) atoms. The molecular formula is C22H25N3O2S. The van der Waals surface area contributed by atoms with Crippen molar-refractivity contribution in [2.75, 3.05) is 12.3 Å². The molecule has 0 aliphatic heterocycles. The topological polar surface area (TPSA) is 64.0 Å². The Balaban J connectivity index is 1.89. The quantitative estimate of drug-likeness (QED) is 0.354. The zero-order chi connectivity index (χ0) is 19.9. The molecule has 0 unspecified atom stereocenters. The smallest absolute Gasteiger partial charge is 0.266 e. The van der Waals surface area contributed by atoms with Gasteiger partial charge in [-0.05, 0) is 37.6 Å². The van der Waals surface area contributed by atoms with Crippen LogP contribution in [0, 0.1) is 6.92 Å². The van der Waals surface area contributed by atoms with Crippen LogP contribution >= 0.6 is 11.8 Å². The van der Waals surface area contributed by atoms with Gasteiger partial charge in [0.25, 0.3) is 5.56 Å². The number of nitrogens with zero attached hydrogens (tertiary/aromatic N) is 2. The fourth-order valence-corrected chi connectivity index (χ4v) is 3.76. The Hall–Kier alpha value is -2.60. The number of carbonyl (C=O) groups excluding carboxylic acids is 1. The summed E-state index contributed by atoms with van der Waals surface area (Å²) < 4.78 is 1.59. The molecule has 0 radical (unpaired) electrons. The highest BCUT2D eigenvalue weighted by atomic mass is 32.2. The van der Waals surface area contributed by atoms with Crippen LogP contribution in [0.25, 0.3) is 16.6 Å². The Morgan fingerprint density at radius 1 is 1.11 bits per heavy atom. The van der Waals surface area contributed by atoms with Crippen molar-refractivity contribution >= 4 is 28.6 Å². The van der Waals surface area contributed by atoms with E-state index in [-0.39, 0.29) is 17.2 Å². The molecule has 3 aromatic rings. The number of unbranched alkanes of at least 4 members (excludes halogenated alkanes) is 2. The summed E-state index contributed by atoms with van der Waals surface area (Å²) in [7, 11) is 0. The summed E-state index contributed by atoms with van der Waals surface area (Å²) in [5.41, 5.74) is 2.38. The number of aromatic nitrogens is 2. The van der Waals surface area contributed by atoms with Gasteiger partial charge in [0, 0.05) is 6.54 Å². The van der Waals surface area contributed by atoms with E-state index in [0.29, 0.717) is 22.6 Å². The van der Waals surface area contributed by atoms with Gasteiger partial charge in [0.2, 0.25) is 5.91 Å². The standard InChI is InChI=1S/C22H25N3O2S/c1-3-4-7-14-23-20(26)15-28-22-24-19-9-6-5-8-18(19)21(27)25(22)17-12-10-16(2)11-13-17/h5-6,8-13H,3-4,7,14-15H2,1-2H3,(H,23,26). The Morgan fingerprint density at radius 2 is 1.86 bits per heavy atom. The molecule has 3 rings (SSSR count). The predicted molar refractivity (Wildman–Crippen MR) is 115 cm³/mol. The summed E-state index contributed by atoms with van der Waals surface area (Å²) in [4.78, 5) is 30.0. The first-order valence-electron chi connectivity index (χ1n) is 9.58. The summed E-state index contributed by atoms with van der Waals surface area (Å²) in [5, 5.41) is 4.02. The number of nitrogens with one attached hydrogen (secondary N) is 1. The first kappa shape index (κ1) is 20.1. The molecule has 5 nitrogen and oxygen atoms in total. The van der Waals surface area contributed by atoms with Crippen LogP contribution in [0.2, 0.25) is 0 Å². The van der Waals surface area contributed by atoms with Crippen LogP contribution in [0.15, 0.2) is 58.5 Å². The lowest BCUT2D eigenvalue weighted by Gasteiger charge is -2.13. The van der Waals surface area contributed by atoms with E-state index >= 15 is 0 Å². The van der Waals surface area contributed by atoms with Crippen molar-refractivity contribution in [3.63, 3.8) is 0 Å². The number of hydrogen-bond donors (Lipinski definition) is 1. The van der Waals surface area contributed by atoms with Gasteiger partial charge >= 0.3 is 0 Å². The van der Waals surface area contributed by atoms with Crippen LogP contribution in [0.1, 0.15) is 31.7 Å². The predicted octanol–water partition coefficient (Wildman–Crippen LogP) is 4.09. The molecule has 6 heteroatoms. The second-order valence-corrected chi connectivity index (χ2v) is 7.68. The molecule has 146 valence electrons. The molecule has 1 N–H and O–H groups in total. The van der Waals surface area contributed by atoms with E-state index < -0.39 is 0 Å². The SMILES string of the molecule is CCCCCNC(=O)CSc1nc2ccccc2c(=O)n1-c1ccc(C)cc1.